The number of piperazine rings is 1. The number of hydrogen-bond acceptors (Lipinski definition) is 8. The minimum atomic E-state index is -2.61. The standard InChI is InChI=1S/C28H47F2N7O.4C2H6/c1-5-6-22-23(36-17-21(18-36)35-12-8-32-9-13-35)15-25(34-27(22)28(29)30)37(19(2)3)11-7-24-26(20(4)16-31)33-10-14-38-24;4*1-2/h15,19,21,24,28,32-33H,5-14,16-18,31H2,1-4H3;4*1-2H3/b26-20-;;;;. The zero-order valence-corrected chi connectivity index (χ0v) is 31.6. The summed E-state index contributed by atoms with van der Waals surface area (Å²) in [5.41, 5.74) is 9.63. The van der Waals surface area contributed by atoms with E-state index in [0.29, 0.717) is 43.5 Å². The number of pyridine rings is 1. The van der Waals surface area contributed by atoms with Crippen LogP contribution in [0.1, 0.15) is 114 Å². The minimum Gasteiger partial charge on any atom is -0.384 e. The lowest BCUT2D eigenvalue weighted by Gasteiger charge is -2.48. The SMILES string of the molecule is CC.CC.CC.CC.CCCc1c(N2CC(N3CCNCC3)C2)cc(N(CCC2OCCN/C2=C(/C)CN)C(C)C)nc1C(F)F. The van der Waals surface area contributed by atoms with Crippen LogP contribution in [0.2, 0.25) is 0 Å². The molecular weight excluding hydrogens is 584 g/mol. The van der Waals surface area contributed by atoms with Crippen molar-refractivity contribution in [2.45, 2.75) is 127 Å². The van der Waals surface area contributed by atoms with E-state index in [1.807, 2.05) is 69.2 Å². The molecule has 1 unspecified atom stereocenters. The van der Waals surface area contributed by atoms with Crippen molar-refractivity contribution < 1.29 is 13.5 Å². The molecule has 46 heavy (non-hydrogen) atoms. The van der Waals surface area contributed by atoms with Gasteiger partial charge in [-0.1, -0.05) is 68.7 Å². The predicted molar refractivity (Wildman–Crippen MR) is 196 cm³/mol. The van der Waals surface area contributed by atoms with E-state index in [4.69, 9.17) is 10.5 Å². The van der Waals surface area contributed by atoms with Crippen molar-refractivity contribution in [2.75, 3.05) is 75.3 Å². The molecule has 3 fully saturated rings. The Morgan fingerprint density at radius 1 is 1.04 bits per heavy atom. The van der Waals surface area contributed by atoms with Crippen molar-refractivity contribution in [3.05, 3.63) is 28.6 Å². The number of morpholine rings is 1. The molecule has 0 saturated carbocycles. The molecule has 0 spiro atoms. The number of nitrogens with one attached hydrogen (secondary N) is 2. The van der Waals surface area contributed by atoms with Crippen LogP contribution < -0.4 is 26.2 Å². The fraction of sp³-hybridized carbons (Fsp3) is 0.806. The van der Waals surface area contributed by atoms with Crippen LogP contribution in [0.4, 0.5) is 20.3 Å². The monoisotopic (exact) mass is 656 g/mol. The number of rotatable bonds is 11. The summed E-state index contributed by atoms with van der Waals surface area (Å²) in [6.45, 7) is 32.6. The Hall–Kier alpha value is -2.01. The maximum Gasteiger partial charge on any atom is 0.280 e. The molecule has 8 nitrogen and oxygen atoms in total. The molecule has 10 heteroatoms. The Kier molecular flexibility index (Phi) is 24.0. The van der Waals surface area contributed by atoms with E-state index in [0.717, 1.165) is 75.6 Å². The van der Waals surface area contributed by atoms with Crippen LogP contribution >= 0.6 is 0 Å². The van der Waals surface area contributed by atoms with E-state index in [1.54, 1.807) is 0 Å². The topological polar surface area (TPSA) is 81.9 Å². The second-order valence-electron chi connectivity index (χ2n) is 11.0. The van der Waals surface area contributed by atoms with Gasteiger partial charge in [0.05, 0.1) is 12.7 Å². The molecule has 0 aliphatic carbocycles. The Balaban J connectivity index is 0.00000235. The van der Waals surface area contributed by atoms with Gasteiger partial charge in [0, 0.05) is 94.0 Å². The van der Waals surface area contributed by atoms with Crippen molar-refractivity contribution >= 4 is 11.5 Å². The lowest BCUT2D eigenvalue weighted by Crippen LogP contribution is -2.63. The second kappa shape index (κ2) is 25.1. The smallest absolute Gasteiger partial charge is 0.280 e. The van der Waals surface area contributed by atoms with Crippen LogP contribution in [-0.4, -0.2) is 93.6 Å². The second-order valence-corrected chi connectivity index (χ2v) is 11.0. The lowest BCUT2D eigenvalue weighted by atomic mass is 9.99. The normalized spacial score (nSPS) is 19.2. The van der Waals surface area contributed by atoms with Gasteiger partial charge >= 0.3 is 0 Å². The molecule has 4 rings (SSSR count). The summed E-state index contributed by atoms with van der Waals surface area (Å²) in [7, 11) is 0. The summed E-state index contributed by atoms with van der Waals surface area (Å²) in [5, 5.41) is 6.87. The molecule has 4 heterocycles. The number of aromatic nitrogens is 1. The summed E-state index contributed by atoms with van der Waals surface area (Å²) in [5.74, 6) is 0.626. The van der Waals surface area contributed by atoms with Gasteiger partial charge in [-0.05, 0) is 39.2 Å². The van der Waals surface area contributed by atoms with Gasteiger partial charge in [0.1, 0.15) is 11.5 Å². The third-order valence-corrected chi connectivity index (χ3v) is 8.07. The van der Waals surface area contributed by atoms with Gasteiger partial charge in [-0.15, -0.1) is 0 Å². The highest BCUT2D eigenvalue weighted by Gasteiger charge is 2.35. The van der Waals surface area contributed by atoms with E-state index in [-0.39, 0.29) is 17.8 Å². The molecule has 3 aliphatic rings. The van der Waals surface area contributed by atoms with Crippen LogP contribution in [0.25, 0.3) is 0 Å². The summed E-state index contributed by atoms with van der Waals surface area (Å²) >= 11 is 0. The Bertz CT molecular complexity index is 949. The highest BCUT2D eigenvalue weighted by Crippen LogP contribution is 2.37. The van der Waals surface area contributed by atoms with Gasteiger partial charge in [0.25, 0.3) is 6.43 Å². The molecule has 270 valence electrons. The van der Waals surface area contributed by atoms with Crippen molar-refractivity contribution in [2.24, 2.45) is 5.73 Å². The van der Waals surface area contributed by atoms with Crippen LogP contribution in [0.5, 0.6) is 0 Å². The first-order chi connectivity index (χ1) is 22.3. The van der Waals surface area contributed by atoms with Crippen LogP contribution in [-0.2, 0) is 11.2 Å². The number of halogens is 2. The molecular formula is C36H71F2N7O. The van der Waals surface area contributed by atoms with Crippen molar-refractivity contribution in [1.82, 2.24) is 20.5 Å². The first kappa shape index (κ1) is 44.0. The summed E-state index contributed by atoms with van der Waals surface area (Å²) < 4.78 is 34.9. The average Bonchev–Trinajstić information content (AvgIpc) is 3.08. The highest BCUT2D eigenvalue weighted by atomic mass is 19.3. The van der Waals surface area contributed by atoms with Gasteiger partial charge in [-0.3, -0.25) is 4.90 Å². The first-order valence-electron chi connectivity index (χ1n) is 18.4. The fourth-order valence-electron chi connectivity index (χ4n) is 5.85. The predicted octanol–water partition coefficient (Wildman–Crippen LogP) is 7.00. The van der Waals surface area contributed by atoms with E-state index >= 15 is 0 Å². The number of hydrogen-bond donors (Lipinski definition) is 3. The maximum atomic E-state index is 14.4. The Labute approximate surface area is 281 Å². The quantitative estimate of drug-likeness (QED) is 0.235. The molecule has 0 aromatic carbocycles. The Morgan fingerprint density at radius 2 is 1.65 bits per heavy atom. The van der Waals surface area contributed by atoms with Gasteiger partial charge < -0.3 is 30.9 Å². The molecule has 0 bridgehead atoms. The summed E-state index contributed by atoms with van der Waals surface area (Å²) in [4.78, 5) is 11.6. The first-order valence-corrected chi connectivity index (χ1v) is 18.4. The number of nitrogens with two attached hydrogens (primary N) is 1. The fourth-order valence-corrected chi connectivity index (χ4v) is 5.85. The number of nitrogens with zero attached hydrogens (tertiary/aromatic N) is 4. The van der Waals surface area contributed by atoms with Gasteiger partial charge in [0.15, 0.2) is 0 Å². The maximum absolute atomic E-state index is 14.4. The average molecular weight is 656 g/mol. The molecule has 0 amide bonds. The number of anilines is 2. The Morgan fingerprint density at radius 3 is 2.17 bits per heavy atom. The molecule has 3 saturated heterocycles. The summed E-state index contributed by atoms with van der Waals surface area (Å²) in [6, 6.07) is 2.64. The van der Waals surface area contributed by atoms with Crippen LogP contribution in [0, 0.1) is 0 Å². The largest absolute Gasteiger partial charge is 0.384 e. The van der Waals surface area contributed by atoms with Gasteiger partial charge in [-0.25, -0.2) is 13.8 Å². The zero-order valence-electron chi connectivity index (χ0n) is 31.6. The van der Waals surface area contributed by atoms with E-state index in [9.17, 15) is 8.78 Å². The van der Waals surface area contributed by atoms with Crippen LogP contribution in [0.3, 0.4) is 0 Å². The zero-order chi connectivity index (χ0) is 35.2. The molecule has 1 aromatic heterocycles. The molecule has 1 atom stereocenters. The number of alkyl halides is 2. The number of ether oxygens (including phenoxy) is 1. The van der Waals surface area contributed by atoms with E-state index in [1.165, 1.54) is 0 Å². The molecule has 1 aromatic rings. The third kappa shape index (κ3) is 12.5. The summed E-state index contributed by atoms with van der Waals surface area (Å²) in [6.07, 6.45) is -0.561. The van der Waals surface area contributed by atoms with Gasteiger partial charge in [0.2, 0.25) is 0 Å². The minimum absolute atomic E-state index is 0.0641. The molecule has 4 N–H and O–H groups in total. The van der Waals surface area contributed by atoms with Crippen molar-refractivity contribution in [1.29, 1.82) is 0 Å². The van der Waals surface area contributed by atoms with Crippen molar-refractivity contribution in [3.63, 3.8) is 0 Å². The van der Waals surface area contributed by atoms with Crippen LogP contribution in [0.15, 0.2) is 17.3 Å². The molecule has 3 aliphatic heterocycles. The third-order valence-electron chi connectivity index (χ3n) is 8.07. The molecule has 0 radical (unpaired) electrons. The van der Waals surface area contributed by atoms with E-state index < -0.39 is 6.43 Å². The lowest BCUT2D eigenvalue weighted by molar-refractivity contribution is 0.0485. The van der Waals surface area contributed by atoms with E-state index in [2.05, 4.69) is 50.2 Å². The van der Waals surface area contributed by atoms with Crippen molar-refractivity contribution in [3.8, 4) is 0 Å². The highest BCUT2D eigenvalue weighted by molar-refractivity contribution is 5.64. The van der Waals surface area contributed by atoms with Gasteiger partial charge in [-0.2, -0.15) is 0 Å².